The van der Waals surface area contributed by atoms with Crippen LogP contribution >= 0.6 is 0 Å². The summed E-state index contributed by atoms with van der Waals surface area (Å²) >= 11 is 0. The van der Waals surface area contributed by atoms with Crippen LogP contribution in [0.2, 0.25) is 0 Å². The van der Waals surface area contributed by atoms with Crippen LogP contribution in [0.5, 0.6) is 5.75 Å². The number of ether oxygens (including phenoxy) is 4. The van der Waals surface area contributed by atoms with E-state index in [4.69, 9.17) is 18.9 Å². The van der Waals surface area contributed by atoms with Gasteiger partial charge < -0.3 is 24.1 Å². The van der Waals surface area contributed by atoms with E-state index in [1.165, 1.54) is 16.8 Å². The summed E-state index contributed by atoms with van der Waals surface area (Å²) in [5.74, 6) is 0.390. The van der Waals surface area contributed by atoms with Crippen LogP contribution in [0, 0.1) is 5.92 Å². The average Bonchev–Trinajstić information content (AvgIpc) is 3.46. The van der Waals surface area contributed by atoms with Gasteiger partial charge in [-0.05, 0) is 55.7 Å². The zero-order valence-electron chi connectivity index (χ0n) is 25.9. The SMILES string of the molecule is COc1ccc(COC(c2ccccc2)(c2ccccc2)C2CC(n3ccc(NC(=O)OC(C)(C)C)nc3=O)OC2CO)cc1. The predicted molar refractivity (Wildman–Crippen MR) is 169 cm³/mol. The molecular formula is C35H39N3O7. The predicted octanol–water partition coefficient (Wildman–Crippen LogP) is 5.66. The minimum Gasteiger partial charge on any atom is -0.497 e. The van der Waals surface area contributed by atoms with Crippen LogP contribution in [-0.4, -0.2) is 46.2 Å². The standard InChI is InChI=1S/C35H39N3O7/c1-34(2,3)45-33(41)37-30-19-20-38(32(40)36-30)31-21-28(29(22-39)44-31)35(25-11-7-5-8-12-25,26-13-9-6-10-14-26)43-23-24-15-17-27(42-4)18-16-24/h5-20,28-29,31,39H,21-23H2,1-4H3,(H,36,37,40,41). The van der Waals surface area contributed by atoms with E-state index in [1.807, 2.05) is 84.9 Å². The number of methoxy groups -OCH3 is 1. The van der Waals surface area contributed by atoms with E-state index in [9.17, 15) is 14.7 Å². The second kappa shape index (κ2) is 13.6. The van der Waals surface area contributed by atoms with Gasteiger partial charge >= 0.3 is 11.8 Å². The Balaban J connectivity index is 1.51. The van der Waals surface area contributed by atoms with Gasteiger partial charge in [-0.25, -0.2) is 9.59 Å². The number of hydrogen-bond acceptors (Lipinski definition) is 8. The largest absolute Gasteiger partial charge is 0.497 e. The second-order valence-electron chi connectivity index (χ2n) is 11.9. The molecule has 236 valence electrons. The van der Waals surface area contributed by atoms with Gasteiger partial charge in [0.2, 0.25) is 0 Å². The lowest BCUT2D eigenvalue weighted by Crippen LogP contribution is -2.44. The number of nitrogens with zero attached hydrogens (tertiary/aromatic N) is 2. The third-order valence-electron chi connectivity index (χ3n) is 7.74. The number of aromatic nitrogens is 2. The highest BCUT2D eigenvalue weighted by Crippen LogP contribution is 2.50. The normalized spacial score (nSPS) is 18.4. The molecule has 1 fully saturated rings. The smallest absolute Gasteiger partial charge is 0.413 e. The fourth-order valence-electron chi connectivity index (χ4n) is 5.77. The molecule has 3 unspecified atom stereocenters. The van der Waals surface area contributed by atoms with Crippen LogP contribution in [0.1, 0.15) is 50.1 Å². The highest BCUT2D eigenvalue weighted by atomic mass is 16.6. The molecule has 2 heterocycles. The number of amides is 1. The molecule has 45 heavy (non-hydrogen) atoms. The highest BCUT2D eigenvalue weighted by molar-refractivity contribution is 5.83. The van der Waals surface area contributed by atoms with Crippen LogP contribution in [0.3, 0.4) is 0 Å². The van der Waals surface area contributed by atoms with Crippen molar-refractivity contribution in [2.24, 2.45) is 5.92 Å². The van der Waals surface area contributed by atoms with Crippen molar-refractivity contribution in [3.05, 3.63) is 124 Å². The van der Waals surface area contributed by atoms with Gasteiger partial charge in [-0.1, -0.05) is 72.8 Å². The number of rotatable bonds is 10. The first-order chi connectivity index (χ1) is 21.6. The Hall–Kier alpha value is -4.51. The molecular weight excluding hydrogens is 574 g/mol. The maximum atomic E-state index is 13.2. The fourth-order valence-corrected chi connectivity index (χ4v) is 5.77. The first-order valence-electron chi connectivity index (χ1n) is 14.9. The van der Waals surface area contributed by atoms with Gasteiger partial charge in [0.15, 0.2) is 0 Å². The van der Waals surface area contributed by atoms with E-state index in [-0.39, 0.29) is 19.0 Å². The lowest BCUT2D eigenvalue weighted by Gasteiger charge is -2.41. The maximum absolute atomic E-state index is 13.2. The Kier molecular flexibility index (Phi) is 9.67. The zero-order valence-corrected chi connectivity index (χ0v) is 25.9. The molecule has 3 atom stereocenters. The van der Waals surface area contributed by atoms with E-state index < -0.39 is 41.2 Å². The molecule has 0 bridgehead atoms. The van der Waals surface area contributed by atoms with Gasteiger partial charge in [0.05, 0.1) is 26.4 Å². The summed E-state index contributed by atoms with van der Waals surface area (Å²) in [6, 6.07) is 28.9. The summed E-state index contributed by atoms with van der Waals surface area (Å²) in [6.07, 6.45) is -0.294. The minimum absolute atomic E-state index is 0.0597. The van der Waals surface area contributed by atoms with Crippen LogP contribution < -0.4 is 15.7 Å². The molecule has 10 heteroatoms. The van der Waals surface area contributed by atoms with E-state index in [2.05, 4.69) is 10.3 Å². The Morgan fingerprint density at radius 3 is 2.13 bits per heavy atom. The minimum atomic E-state index is -1.06. The molecule has 10 nitrogen and oxygen atoms in total. The summed E-state index contributed by atoms with van der Waals surface area (Å²) in [6.45, 7) is 5.20. The number of anilines is 1. The zero-order chi connectivity index (χ0) is 32.0. The van der Waals surface area contributed by atoms with Crippen LogP contribution in [0.25, 0.3) is 0 Å². The van der Waals surface area contributed by atoms with Crippen molar-refractivity contribution in [2.75, 3.05) is 19.0 Å². The molecule has 0 aliphatic carbocycles. The number of aliphatic hydroxyl groups is 1. The highest BCUT2D eigenvalue weighted by Gasteiger charge is 2.52. The first-order valence-corrected chi connectivity index (χ1v) is 14.9. The lowest BCUT2D eigenvalue weighted by molar-refractivity contribution is -0.105. The summed E-state index contributed by atoms with van der Waals surface area (Å²) in [5, 5.41) is 13.1. The number of carbonyl (C=O) groups is 1. The van der Waals surface area contributed by atoms with Gasteiger partial charge in [0.25, 0.3) is 0 Å². The summed E-state index contributed by atoms with van der Waals surface area (Å²) in [7, 11) is 1.62. The summed E-state index contributed by atoms with van der Waals surface area (Å²) in [4.78, 5) is 29.5. The van der Waals surface area contributed by atoms with Crippen molar-refractivity contribution in [3.8, 4) is 5.75 Å². The van der Waals surface area contributed by atoms with Gasteiger partial charge in [-0.2, -0.15) is 4.98 Å². The summed E-state index contributed by atoms with van der Waals surface area (Å²) in [5.41, 5.74) is 0.343. The number of nitrogens with one attached hydrogen (secondary N) is 1. The number of aliphatic hydroxyl groups excluding tert-OH is 1. The molecule has 0 saturated carbocycles. The van der Waals surface area contributed by atoms with Crippen molar-refractivity contribution in [1.82, 2.24) is 9.55 Å². The molecule has 5 rings (SSSR count). The number of carbonyl (C=O) groups excluding carboxylic acids is 1. The van der Waals surface area contributed by atoms with Crippen molar-refractivity contribution in [1.29, 1.82) is 0 Å². The third-order valence-corrected chi connectivity index (χ3v) is 7.74. The molecule has 3 aromatic carbocycles. The first kappa shape index (κ1) is 31.9. The Morgan fingerprint density at radius 2 is 1.60 bits per heavy atom. The molecule has 0 radical (unpaired) electrons. The lowest BCUT2D eigenvalue weighted by atomic mass is 9.72. The molecule has 0 spiro atoms. The maximum Gasteiger partial charge on any atom is 0.413 e. The topological polar surface area (TPSA) is 121 Å². The Morgan fingerprint density at radius 1 is 0.978 bits per heavy atom. The van der Waals surface area contributed by atoms with Gasteiger partial charge in [-0.3, -0.25) is 9.88 Å². The number of hydrogen-bond donors (Lipinski definition) is 2. The Labute approximate surface area is 262 Å². The number of benzene rings is 3. The molecule has 1 saturated heterocycles. The molecule has 1 aliphatic rings. The molecule has 1 amide bonds. The van der Waals surface area contributed by atoms with E-state index in [0.717, 1.165) is 22.4 Å². The molecule has 2 N–H and O–H groups in total. The van der Waals surface area contributed by atoms with Crippen LogP contribution in [-0.2, 0) is 26.4 Å². The molecule has 4 aromatic rings. The van der Waals surface area contributed by atoms with Crippen molar-refractivity contribution >= 4 is 11.9 Å². The van der Waals surface area contributed by atoms with Crippen LogP contribution in [0.4, 0.5) is 10.6 Å². The molecule has 1 aliphatic heterocycles. The van der Waals surface area contributed by atoms with Crippen LogP contribution in [0.15, 0.2) is 102 Å². The summed E-state index contributed by atoms with van der Waals surface area (Å²) < 4.78 is 25.3. The van der Waals surface area contributed by atoms with E-state index in [1.54, 1.807) is 27.9 Å². The molecule has 1 aromatic heterocycles. The average molecular weight is 614 g/mol. The van der Waals surface area contributed by atoms with Gasteiger partial charge in [0.1, 0.15) is 29.0 Å². The monoisotopic (exact) mass is 613 g/mol. The fraction of sp³-hybridized carbons (Fsp3) is 0.343. The quantitative estimate of drug-likeness (QED) is 0.235. The van der Waals surface area contributed by atoms with Crippen molar-refractivity contribution in [3.63, 3.8) is 0 Å². The van der Waals surface area contributed by atoms with Crippen molar-refractivity contribution in [2.45, 2.75) is 57.3 Å². The third kappa shape index (κ3) is 7.25. The van der Waals surface area contributed by atoms with E-state index >= 15 is 0 Å². The van der Waals surface area contributed by atoms with Gasteiger partial charge in [-0.15, -0.1) is 0 Å². The second-order valence-corrected chi connectivity index (χ2v) is 11.9. The van der Waals surface area contributed by atoms with Crippen molar-refractivity contribution < 1.29 is 28.8 Å². The van der Waals surface area contributed by atoms with E-state index in [0.29, 0.717) is 6.42 Å². The Bertz CT molecular complexity index is 1580. The van der Waals surface area contributed by atoms with Gasteiger partial charge in [0, 0.05) is 18.5 Å².